The largest absolute Gasteiger partial charge is 0.330 e. The molecule has 0 radical (unpaired) electrons. The number of hydrogen-bond acceptors (Lipinski definition) is 4. The monoisotopic (exact) mass is 293 g/mol. The van der Waals surface area contributed by atoms with E-state index in [1.807, 2.05) is 6.92 Å². The second-order valence-corrected chi connectivity index (χ2v) is 4.96. The molecular weight excluding hydrogens is 270 g/mol. The normalized spacial score (nSPS) is 10.4. The lowest BCUT2D eigenvalue weighted by Crippen LogP contribution is -2.11. The van der Waals surface area contributed by atoms with Crippen molar-refractivity contribution in [3.05, 3.63) is 33.9 Å². The number of carbonyl (C=O) groups excluding carboxylic acids is 1. The molecule has 1 aromatic carbocycles. The van der Waals surface area contributed by atoms with Gasteiger partial charge < -0.3 is 11.1 Å². The van der Waals surface area contributed by atoms with Gasteiger partial charge in [-0.3, -0.25) is 14.9 Å². The molecule has 0 heterocycles. The Morgan fingerprint density at radius 1 is 1.29 bits per heavy atom. The van der Waals surface area contributed by atoms with E-state index in [9.17, 15) is 14.9 Å². The number of anilines is 1. The lowest BCUT2D eigenvalue weighted by atomic mass is 10.1. The van der Waals surface area contributed by atoms with Crippen LogP contribution in [0.15, 0.2) is 18.2 Å². The number of nitrogens with zero attached hydrogens (tertiary/aromatic N) is 1. The Bertz CT molecular complexity index is 489. The lowest BCUT2D eigenvalue weighted by molar-refractivity contribution is -0.385. The maximum absolute atomic E-state index is 11.8. The molecule has 0 unspecified atom stereocenters. The molecule has 3 N–H and O–H groups in total. The second kappa shape index (κ2) is 9.07. The van der Waals surface area contributed by atoms with Gasteiger partial charge in [-0.2, -0.15) is 0 Å². The Balaban J connectivity index is 2.52. The molecule has 0 aliphatic carbocycles. The van der Waals surface area contributed by atoms with Crippen molar-refractivity contribution in [2.75, 3.05) is 11.9 Å². The van der Waals surface area contributed by atoms with E-state index in [1.54, 1.807) is 12.1 Å². The molecule has 1 rings (SSSR count). The molecule has 0 saturated heterocycles. The van der Waals surface area contributed by atoms with E-state index < -0.39 is 4.92 Å². The molecule has 21 heavy (non-hydrogen) atoms. The maximum atomic E-state index is 11.8. The quantitative estimate of drug-likeness (QED) is 0.415. The zero-order valence-electron chi connectivity index (χ0n) is 12.4. The van der Waals surface area contributed by atoms with Crippen molar-refractivity contribution in [2.24, 2.45) is 5.73 Å². The van der Waals surface area contributed by atoms with E-state index in [2.05, 4.69) is 5.32 Å². The average molecular weight is 293 g/mol. The first kappa shape index (κ1) is 17.1. The van der Waals surface area contributed by atoms with Crippen molar-refractivity contribution in [3.8, 4) is 0 Å². The van der Waals surface area contributed by atoms with E-state index in [4.69, 9.17) is 5.73 Å². The van der Waals surface area contributed by atoms with Crippen molar-refractivity contribution in [3.63, 3.8) is 0 Å². The number of nitrogens with one attached hydrogen (secondary N) is 1. The first-order chi connectivity index (χ1) is 10.1. The average Bonchev–Trinajstić information content (AvgIpc) is 2.47. The Kier molecular flexibility index (Phi) is 7.39. The highest BCUT2D eigenvalue weighted by molar-refractivity contribution is 5.91. The van der Waals surface area contributed by atoms with Gasteiger partial charge in [-0.15, -0.1) is 0 Å². The summed E-state index contributed by atoms with van der Waals surface area (Å²) in [6.45, 7) is 2.54. The molecule has 0 aromatic heterocycles. The number of amides is 1. The summed E-state index contributed by atoms with van der Waals surface area (Å²) in [4.78, 5) is 22.3. The first-order valence-corrected chi connectivity index (χ1v) is 7.35. The highest BCUT2D eigenvalue weighted by atomic mass is 16.6. The number of nitro benzene ring substituents is 1. The predicted molar refractivity (Wildman–Crippen MR) is 83.2 cm³/mol. The summed E-state index contributed by atoms with van der Waals surface area (Å²) in [7, 11) is 0. The van der Waals surface area contributed by atoms with Crippen LogP contribution in [0.1, 0.15) is 44.6 Å². The molecular formula is C15H23N3O3. The first-order valence-electron chi connectivity index (χ1n) is 7.35. The van der Waals surface area contributed by atoms with Crippen LogP contribution in [0.4, 0.5) is 11.4 Å². The molecule has 0 aliphatic rings. The standard InChI is InChI=1S/C15H23N3O3/c1-2-12-8-9-13(11-14(12)18(20)21)17-15(19)7-5-3-4-6-10-16/h8-9,11H,2-7,10,16H2,1H3,(H,17,19). The van der Waals surface area contributed by atoms with Crippen molar-refractivity contribution in [1.29, 1.82) is 0 Å². The number of nitro groups is 1. The summed E-state index contributed by atoms with van der Waals surface area (Å²) in [6, 6.07) is 4.82. The second-order valence-electron chi connectivity index (χ2n) is 4.96. The molecule has 1 aromatic rings. The highest BCUT2D eigenvalue weighted by Crippen LogP contribution is 2.23. The van der Waals surface area contributed by atoms with Gasteiger partial charge in [0, 0.05) is 23.7 Å². The van der Waals surface area contributed by atoms with Crippen LogP contribution in [0, 0.1) is 10.1 Å². The third kappa shape index (κ3) is 5.91. The number of hydrogen-bond donors (Lipinski definition) is 2. The zero-order valence-corrected chi connectivity index (χ0v) is 12.4. The van der Waals surface area contributed by atoms with E-state index in [-0.39, 0.29) is 11.6 Å². The molecule has 0 spiro atoms. The molecule has 0 fully saturated rings. The van der Waals surface area contributed by atoms with Gasteiger partial charge >= 0.3 is 0 Å². The van der Waals surface area contributed by atoms with Crippen LogP contribution in [0.3, 0.4) is 0 Å². The van der Waals surface area contributed by atoms with Gasteiger partial charge in [0.2, 0.25) is 5.91 Å². The summed E-state index contributed by atoms with van der Waals surface area (Å²) < 4.78 is 0. The molecule has 0 saturated carbocycles. The van der Waals surface area contributed by atoms with Crippen LogP contribution in [0.25, 0.3) is 0 Å². The summed E-state index contributed by atoms with van der Waals surface area (Å²) in [5, 5.41) is 13.7. The topological polar surface area (TPSA) is 98.3 Å². The number of nitrogens with two attached hydrogens (primary N) is 1. The smallest absolute Gasteiger partial charge is 0.274 e. The van der Waals surface area contributed by atoms with Crippen molar-refractivity contribution in [2.45, 2.75) is 45.4 Å². The summed E-state index contributed by atoms with van der Waals surface area (Å²) in [5.74, 6) is -0.110. The van der Waals surface area contributed by atoms with Crippen molar-refractivity contribution in [1.82, 2.24) is 0 Å². The number of unbranched alkanes of at least 4 members (excludes halogenated alkanes) is 3. The maximum Gasteiger partial charge on any atom is 0.274 e. The van der Waals surface area contributed by atoms with Crippen molar-refractivity contribution >= 4 is 17.3 Å². The van der Waals surface area contributed by atoms with Gasteiger partial charge in [0.05, 0.1) is 4.92 Å². The predicted octanol–water partition coefficient (Wildman–Crippen LogP) is 3.00. The van der Waals surface area contributed by atoms with Crippen LogP contribution >= 0.6 is 0 Å². The number of carbonyl (C=O) groups is 1. The fourth-order valence-electron chi connectivity index (χ4n) is 2.12. The Morgan fingerprint density at radius 3 is 2.62 bits per heavy atom. The fourth-order valence-corrected chi connectivity index (χ4v) is 2.12. The highest BCUT2D eigenvalue weighted by Gasteiger charge is 2.13. The van der Waals surface area contributed by atoms with Crippen LogP contribution in [-0.2, 0) is 11.2 Å². The number of rotatable bonds is 9. The molecule has 6 heteroatoms. The third-order valence-corrected chi connectivity index (χ3v) is 3.30. The Hall–Kier alpha value is -1.95. The van der Waals surface area contributed by atoms with Crippen LogP contribution < -0.4 is 11.1 Å². The molecule has 1 amide bonds. The lowest BCUT2D eigenvalue weighted by Gasteiger charge is -2.07. The Labute approximate surface area is 124 Å². The van der Waals surface area contributed by atoms with E-state index in [0.717, 1.165) is 25.7 Å². The Morgan fingerprint density at radius 2 is 2.00 bits per heavy atom. The minimum Gasteiger partial charge on any atom is -0.330 e. The van der Waals surface area contributed by atoms with Crippen LogP contribution in [0.2, 0.25) is 0 Å². The summed E-state index contributed by atoms with van der Waals surface area (Å²) in [6.07, 6.45) is 4.80. The van der Waals surface area contributed by atoms with E-state index in [1.165, 1.54) is 6.07 Å². The van der Waals surface area contributed by atoms with Crippen LogP contribution in [-0.4, -0.2) is 17.4 Å². The summed E-state index contributed by atoms with van der Waals surface area (Å²) >= 11 is 0. The van der Waals surface area contributed by atoms with Gasteiger partial charge in [-0.1, -0.05) is 25.8 Å². The molecule has 0 bridgehead atoms. The van der Waals surface area contributed by atoms with E-state index in [0.29, 0.717) is 30.6 Å². The third-order valence-electron chi connectivity index (χ3n) is 3.30. The molecule has 0 atom stereocenters. The van der Waals surface area contributed by atoms with Gasteiger partial charge in [-0.05, 0) is 31.9 Å². The fraction of sp³-hybridized carbons (Fsp3) is 0.533. The van der Waals surface area contributed by atoms with Gasteiger partial charge in [0.25, 0.3) is 5.69 Å². The number of aryl methyl sites for hydroxylation is 1. The van der Waals surface area contributed by atoms with Crippen molar-refractivity contribution < 1.29 is 9.72 Å². The van der Waals surface area contributed by atoms with Crippen LogP contribution in [0.5, 0.6) is 0 Å². The minimum absolute atomic E-state index is 0.0539. The van der Waals surface area contributed by atoms with Gasteiger partial charge in [0.15, 0.2) is 0 Å². The SMILES string of the molecule is CCc1ccc(NC(=O)CCCCCCN)cc1[N+](=O)[O-]. The van der Waals surface area contributed by atoms with Gasteiger partial charge in [0.1, 0.15) is 0 Å². The van der Waals surface area contributed by atoms with Gasteiger partial charge in [-0.25, -0.2) is 0 Å². The van der Waals surface area contributed by atoms with E-state index >= 15 is 0 Å². The molecule has 0 aliphatic heterocycles. The minimum atomic E-state index is -0.415. The zero-order chi connectivity index (χ0) is 15.7. The molecule has 6 nitrogen and oxygen atoms in total. The summed E-state index contributed by atoms with van der Waals surface area (Å²) in [5.41, 5.74) is 6.60. The number of benzene rings is 1. The molecule has 116 valence electrons.